The molecule has 1 nitrogen and oxygen atoms in total. The predicted molar refractivity (Wildman–Crippen MR) is 74.8 cm³/mol. The molecule has 16 heavy (non-hydrogen) atoms. The Kier molecular flexibility index (Phi) is 4.09. The maximum absolute atomic E-state index is 6.56. The highest BCUT2D eigenvalue weighted by atomic mass is 79.9. The fourth-order valence-electron chi connectivity index (χ4n) is 2.80. The van der Waals surface area contributed by atoms with Gasteiger partial charge in [-0.2, -0.15) is 11.3 Å². The van der Waals surface area contributed by atoms with Gasteiger partial charge in [-0.1, -0.05) is 19.8 Å². The lowest BCUT2D eigenvalue weighted by atomic mass is 9.73. The Labute approximate surface area is 111 Å². The van der Waals surface area contributed by atoms with Crippen LogP contribution >= 0.6 is 27.3 Å². The van der Waals surface area contributed by atoms with Gasteiger partial charge in [-0.25, -0.2) is 0 Å². The molecular weight excluding hydrogens is 282 g/mol. The molecule has 1 aliphatic rings. The van der Waals surface area contributed by atoms with E-state index < -0.39 is 0 Å². The summed E-state index contributed by atoms with van der Waals surface area (Å²) in [5.74, 6) is 0.916. The van der Waals surface area contributed by atoms with Crippen molar-refractivity contribution < 1.29 is 0 Å². The lowest BCUT2D eigenvalue weighted by Crippen LogP contribution is -2.40. The Bertz CT molecular complexity index is 339. The van der Waals surface area contributed by atoms with Gasteiger partial charge < -0.3 is 5.73 Å². The Morgan fingerprint density at radius 3 is 2.62 bits per heavy atom. The summed E-state index contributed by atoms with van der Waals surface area (Å²) < 4.78 is 1.20. The molecule has 1 aromatic rings. The Morgan fingerprint density at radius 2 is 2.12 bits per heavy atom. The number of nitrogens with two attached hydrogens (primary N) is 1. The van der Waals surface area contributed by atoms with Crippen LogP contribution in [-0.4, -0.2) is 0 Å². The third kappa shape index (κ3) is 2.52. The molecule has 0 atom stereocenters. The number of thiophene rings is 1. The molecule has 1 aromatic heterocycles. The Hall–Kier alpha value is 0.140. The third-order valence-electron chi connectivity index (χ3n) is 3.85. The smallest absolute Gasteiger partial charge is 0.0429 e. The highest BCUT2D eigenvalue weighted by Crippen LogP contribution is 2.42. The first kappa shape index (κ1) is 12.6. The standard InChI is InChI=1S/C13H20BrNS/c1-2-3-10-4-6-13(15,7-5-10)11-8-16-9-12(11)14/h8-10H,2-7,15H2,1H3. The molecule has 1 aliphatic carbocycles. The molecule has 0 amide bonds. The van der Waals surface area contributed by atoms with E-state index in [1.165, 1.54) is 35.7 Å². The SMILES string of the molecule is CCCC1CCC(N)(c2cscc2Br)CC1. The van der Waals surface area contributed by atoms with E-state index in [1.807, 2.05) is 0 Å². The van der Waals surface area contributed by atoms with Crippen LogP contribution in [0.25, 0.3) is 0 Å². The molecule has 1 fully saturated rings. The summed E-state index contributed by atoms with van der Waals surface area (Å²) in [7, 11) is 0. The van der Waals surface area contributed by atoms with Crippen molar-refractivity contribution in [3.63, 3.8) is 0 Å². The van der Waals surface area contributed by atoms with Crippen LogP contribution in [0.2, 0.25) is 0 Å². The van der Waals surface area contributed by atoms with Gasteiger partial charge in [0.15, 0.2) is 0 Å². The van der Waals surface area contributed by atoms with Gasteiger partial charge in [-0.3, -0.25) is 0 Å². The molecule has 0 spiro atoms. The van der Waals surface area contributed by atoms with E-state index in [2.05, 4.69) is 33.6 Å². The topological polar surface area (TPSA) is 26.0 Å². The van der Waals surface area contributed by atoms with Crippen molar-refractivity contribution in [3.8, 4) is 0 Å². The van der Waals surface area contributed by atoms with Crippen LogP contribution in [0.4, 0.5) is 0 Å². The fraction of sp³-hybridized carbons (Fsp3) is 0.692. The maximum atomic E-state index is 6.56. The second-order valence-electron chi connectivity index (χ2n) is 5.02. The zero-order chi connectivity index (χ0) is 11.6. The van der Waals surface area contributed by atoms with Crippen molar-refractivity contribution in [2.45, 2.75) is 51.0 Å². The van der Waals surface area contributed by atoms with Crippen molar-refractivity contribution >= 4 is 27.3 Å². The van der Waals surface area contributed by atoms with Crippen molar-refractivity contribution in [3.05, 3.63) is 20.8 Å². The number of hydrogen-bond donors (Lipinski definition) is 1. The van der Waals surface area contributed by atoms with Gasteiger partial charge in [0.25, 0.3) is 0 Å². The molecule has 3 heteroatoms. The van der Waals surface area contributed by atoms with E-state index in [1.54, 1.807) is 11.3 Å². The molecule has 2 N–H and O–H groups in total. The zero-order valence-corrected chi connectivity index (χ0v) is 12.2. The molecule has 0 radical (unpaired) electrons. The highest BCUT2D eigenvalue weighted by molar-refractivity contribution is 9.10. The molecule has 0 aromatic carbocycles. The van der Waals surface area contributed by atoms with E-state index in [0.29, 0.717) is 0 Å². The molecule has 0 unspecified atom stereocenters. The Morgan fingerprint density at radius 1 is 1.44 bits per heavy atom. The van der Waals surface area contributed by atoms with E-state index in [9.17, 15) is 0 Å². The molecule has 1 heterocycles. The average Bonchev–Trinajstić information content (AvgIpc) is 2.69. The molecule has 0 saturated heterocycles. The van der Waals surface area contributed by atoms with Crippen LogP contribution < -0.4 is 5.73 Å². The van der Waals surface area contributed by atoms with Crippen molar-refractivity contribution in [2.24, 2.45) is 11.7 Å². The van der Waals surface area contributed by atoms with E-state index in [0.717, 1.165) is 18.8 Å². The van der Waals surface area contributed by atoms with Crippen LogP contribution in [0.1, 0.15) is 51.0 Å². The number of hydrogen-bond acceptors (Lipinski definition) is 2. The minimum absolute atomic E-state index is 0.0664. The summed E-state index contributed by atoms with van der Waals surface area (Å²) in [5, 5.41) is 4.35. The molecule has 0 aliphatic heterocycles. The highest BCUT2D eigenvalue weighted by Gasteiger charge is 2.34. The summed E-state index contributed by atoms with van der Waals surface area (Å²) in [6.45, 7) is 2.28. The number of halogens is 1. The van der Waals surface area contributed by atoms with Gasteiger partial charge in [0.1, 0.15) is 0 Å². The van der Waals surface area contributed by atoms with Crippen LogP contribution in [0.15, 0.2) is 15.2 Å². The van der Waals surface area contributed by atoms with Crippen molar-refractivity contribution in [1.82, 2.24) is 0 Å². The van der Waals surface area contributed by atoms with Crippen molar-refractivity contribution in [1.29, 1.82) is 0 Å². The van der Waals surface area contributed by atoms with Crippen LogP contribution in [-0.2, 0) is 5.54 Å². The molecule has 0 bridgehead atoms. The van der Waals surface area contributed by atoms with Gasteiger partial charge in [0.05, 0.1) is 0 Å². The van der Waals surface area contributed by atoms with Gasteiger partial charge in [0, 0.05) is 15.4 Å². The van der Waals surface area contributed by atoms with Gasteiger partial charge >= 0.3 is 0 Å². The number of rotatable bonds is 3. The van der Waals surface area contributed by atoms with E-state index in [-0.39, 0.29) is 5.54 Å². The van der Waals surface area contributed by atoms with Crippen molar-refractivity contribution in [2.75, 3.05) is 0 Å². The molecule has 90 valence electrons. The lowest BCUT2D eigenvalue weighted by Gasteiger charge is -2.37. The summed E-state index contributed by atoms with van der Waals surface area (Å²) >= 11 is 5.36. The molecular formula is C13H20BrNS. The zero-order valence-electron chi connectivity index (χ0n) is 9.84. The molecule has 2 rings (SSSR count). The first-order valence-corrected chi connectivity index (χ1v) is 7.90. The largest absolute Gasteiger partial charge is 0.321 e. The fourth-order valence-corrected chi connectivity index (χ4v) is 4.59. The summed E-state index contributed by atoms with van der Waals surface area (Å²) in [6, 6.07) is 0. The van der Waals surface area contributed by atoms with Gasteiger partial charge in [-0.05, 0) is 58.5 Å². The monoisotopic (exact) mass is 301 g/mol. The van der Waals surface area contributed by atoms with Crippen LogP contribution in [0.5, 0.6) is 0 Å². The quantitative estimate of drug-likeness (QED) is 0.863. The van der Waals surface area contributed by atoms with Crippen LogP contribution in [0, 0.1) is 5.92 Å². The summed E-state index contributed by atoms with van der Waals surface area (Å²) in [4.78, 5) is 0. The average molecular weight is 302 g/mol. The molecule has 1 saturated carbocycles. The second kappa shape index (κ2) is 5.19. The predicted octanol–water partition coefficient (Wildman–Crippen LogP) is 4.65. The van der Waals surface area contributed by atoms with E-state index >= 15 is 0 Å². The van der Waals surface area contributed by atoms with Crippen LogP contribution in [0.3, 0.4) is 0 Å². The normalized spacial score (nSPS) is 30.6. The first-order chi connectivity index (χ1) is 7.65. The summed E-state index contributed by atoms with van der Waals surface area (Å²) in [6.07, 6.45) is 7.57. The second-order valence-corrected chi connectivity index (χ2v) is 6.62. The maximum Gasteiger partial charge on any atom is 0.0429 e. The summed E-state index contributed by atoms with van der Waals surface area (Å²) in [5.41, 5.74) is 7.82. The van der Waals surface area contributed by atoms with E-state index in [4.69, 9.17) is 5.73 Å². The minimum Gasteiger partial charge on any atom is -0.321 e. The lowest BCUT2D eigenvalue weighted by molar-refractivity contribution is 0.226. The minimum atomic E-state index is -0.0664. The third-order valence-corrected chi connectivity index (χ3v) is 5.55. The van der Waals surface area contributed by atoms with Gasteiger partial charge in [0.2, 0.25) is 0 Å². The first-order valence-electron chi connectivity index (χ1n) is 6.17. The Balaban J connectivity index is 2.04. The van der Waals surface area contributed by atoms with Gasteiger partial charge in [-0.15, -0.1) is 0 Å².